The molecule has 0 spiro atoms. The summed E-state index contributed by atoms with van der Waals surface area (Å²) in [5.41, 5.74) is -0.234. The lowest BCUT2D eigenvalue weighted by atomic mass is 9.96. The third-order valence-corrected chi connectivity index (χ3v) is 3.21. The average Bonchev–Trinajstić information content (AvgIpc) is 2.20. The molecule has 1 rings (SSSR count). The summed E-state index contributed by atoms with van der Waals surface area (Å²) in [6.07, 6.45) is 1.50. The van der Waals surface area contributed by atoms with Gasteiger partial charge >= 0.3 is 0 Å². The van der Waals surface area contributed by atoms with Crippen LogP contribution in [0.1, 0.15) is 40.5 Å². The molecule has 0 aromatic heterocycles. The Morgan fingerprint density at radius 1 is 1.40 bits per heavy atom. The highest BCUT2D eigenvalue weighted by molar-refractivity contribution is 5.95. The van der Waals surface area contributed by atoms with Crippen molar-refractivity contribution in [2.24, 2.45) is 0 Å². The number of hydrogen-bond donors (Lipinski definition) is 1. The molecule has 0 bridgehead atoms. The summed E-state index contributed by atoms with van der Waals surface area (Å²) >= 11 is 0. The van der Waals surface area contributed by atoms with E-state index in [0.717, 1.165) is 6.42 Å². The fraction of sp³-hybridized carbons (Fsp3) is 0.818. The van der Waals surface area contributed by atoms with Crippen molar-refractivity contribution in [1.29, 1.82) is 0 Å². The Labute approximate surface area is 91.0 Å². The van der Waals surface area contributed by atoms with Gasteiger partial charge in [-0.05, 0) is 26.7 Å². The van der Waals surface area contributed by atoms with E-state index in [1.54, 1.807) is 4.90 Å². The van der Waals surface area contributed by atoms with Crippen LogP contribution >= 0.6 is 0 Å². The van der Waals surface area contributed by atoms with Crippen LogP contribution in [0.5, 0.6) is 0 Å². The predicted molar refractivity (Wildman–Crippen MR) is 58.3 cm³/mol. The maximum Gasteiger partial charge on any atom is 0.246 e. The molecular weight excluding hydrogens is 192 g/mol. The van der Waals surface area contributed by atoms with Crippen molar-refractivity contribution >= 4 is 11.8 Å². The Balaban J connectivity index is 2.88. The Bertz CT molecular complexity index is 274. The summed E-state index contributed by atoms with van der Waals surface area (Å²) in [7, 11) is 0. The molecule has 1 aliphatic rings. The van der Waals surface area contributed by atoms with Crippen LogP contribution in [0.25, 0.3) is 0 Å². The monoisotopic (exact) mass is 212 g/mol. The van der Waals surface area contributed by atoms with E-state index in [-0.39, 0.29) is 29.9 Å². The van der Waals surface area contributed by atoms with E-state index in [1.807, 2.05) is 27.7 Å². The fourth-order valence-electron chi connectivity index (χ4n) is 1.69. The molecule has 1 saturated heterocycles. The maximum absolute atomic E-state index is 12.0. The SMILES string of the molecule is CCC1NC(=O)CN(C(C)(C)CC)C1=O. The second-order valence-corrected chi connectivity index (χ2v) is 4.62. The number of carbonyl (C=O) groups is 2. The minimum Gasteiger partial charge on any atom is -0.343 e. The van der Waals surface area contributed by atoms with Gasteiger partial charge in [0.1, 0.15) is 12.6 Å². The molecule has 1 unspecified atom stereocenters. The smallest absolute Gasteiger partial charge is 0.246 e. The van der Waals surface area contributed by atoms with Crippen LogP contribution in [0.4, 0.5) is 0 Å². The topological polar surface area (TPSA) is 49.4 Å². The molecule has 0 saturated carbocycles. The van der Waals surface area contributed by atoms with Gasteiger partial charge in [0.25, 0.3) is 0 Å². The Hall–Kier alpha value is -1.06. The molecule has 1 aliphatic heterocycles. The van der Waals surface area contributed by atoms with Crippen LogP contribution in [0.3, 0.4) is 0 Å². The fourth-order valence-corrected chi connectivity index (χ4v) is 1.69. The maximum atomic E-state index is 12.0. The van der Waals surface area contributed by atoms with Crippen molar-refractivity contribution in [2.75, 3.05) is 6.54 Å². The van der Waals surface area contributed by atoms with Crippen LogP contribution < -0.4 is 5.32 Å². The van der Waals surface area contributed by atoms with Crippen molar-refractivity contribution in [2.45, 2.75) is 52.1 Å². The van der Waals surface area contributed by atoms with E-state index in [4.69, 9.17) is 0 Å². The van der Waals surface area contributed by atoms with Gasteiger partial charge in [-0.2, -0.15) is 0 Å². The Morgan fingerprint density at radius 2 is 2.00 bits per heavy atom. The quantitative estimate of drug-likeness (QED) is 0.756. The zero-order valence-corrected chi connectivity index (χ0v) is 9.96. The Morgan fingerprint density at radius 3 is 2.47 bits per heavy atom. The van der Waals surface area contributed by atoms with E-state index in [1.165, 1.54) is 0 Å². The average molecular weight is 212 g/mol. The van der Waals surface area contributed by atoms with Gasteiger partial charge in [0, 0.05) is 5.54 Å². The first-order chi connectivity index (χ1) is 6.92. The summed E-state index contributed by atoms with van der Waals surface area (Å²) in [5, 5.41) is 2.71. The molecule has 86 valence electrons. The molecule has 1 N–H and O–H groups in total. The number of piperazine rings is 1. The summed E-state index contributed by atoms with van der Waals surface area (Å²) in [4.78, 5) is 25.2. The molecule has 0 aromatic rings. The lowest BCUT2D eigenvalue weighted by Crippen LogP contribution is -2.63. The van der Waals surface area contributed by atoms with Crippen LogP contribution in [0, 0.1) is 0 Å². The van der Waals surface area contributed by atoms with Gasteiger partial charge in [0.05, 0.1) is 0 Å². The third-order valence-electron chi connectivity index (χ3n) is 3.21. The van der Waals surface area contributed by atoms with E-state index in [0.29, 0.717) is 6.42 Å². The van der Waals surface area contributed by atoms with Crippen molar-refractivity contribution in [1.82, 2.24) is 10.2 Å². The second-order valence-electron chi connectivity index (χ2n) is 4.62. The molecule has 4 nitrogen and oxygen atoms in total. The number of amides is 2. The second kappa shape index (κ2) is 4.21. The first kappa shape index (κ1) is 12.0. The number of nitrogens with one attached hydrogen (secondary N) is 1. The van der Waals surface area contributed by atoms with Crippen LogP contribution in [-0.2, 0) is 9.59 Å². The molecule has 4 heteroatoms. The first-order valence-electron chi connectivity index (χ1n) is 5.53. The van der Waals surface area contributed by atoms with E-state index < -0.39 is 0 Å². The van der Waals surface area contributed by atoms with Crippen LogP contribution in [0.2, 0.25) is 0 Å². The van der Waals surface area contributed by atoms with E-state index in [2.05, 4.69) is 5.32 Å². The molecule has 2 amide bonds. The highest BCUT2D eigenvalue weighted by Crippen LogP contribution is 2.21. The molecule has 0 aromatic carbocycles. The molecule has 0 aliphatic carbocycles. The molecule has 1 heterocycles. The molecule has 1 fully saturated rings. The number of nitrogens with zero attached hydrogens (tertiary/aromatic N) is 1. The summed E-state index contributed by atoms with van der Waals surface area (Å²) in [5.74, 6) is -0.00748. The van der Waals surface area contributed by atoms with Crippen molar-refractivity contribution in [3.63, 3.8) is 0 Å². The van der Waals surface area contributed by atoms with Crippen molar-refractivity contribution in [3.05, 3.63) is 0 Å². The van der Waals surface area contributed by atoms with Gasteiger partial charge in [-0.25, -0.2) is 0 Å². The largest absolute Gasteiger partial charge is 0.343 e. The highest BCUT2D eigenvalue weighted by Gasteiger charge is 2.38. The third kappa shape index (κ3) is 2.30. The van der Waals surface area contributed by atoms with Gasteiger partial charge < -0.3 is 10.2 Å². The minimum atomic E-state index is -0.336. The van der Waals surface area contributed by atoms with Gasteiger partial charge in [-0.3, -0.25) is 9.59 Å². The zero-order chi connectivity index (χ0) is 11.6. The van der Waals surface area contributed by atoms with E-state index in [9.17, 15) is 9.59 Å². The van der Waals surface area contributed by atoms with Gasteiger partial charge in [-0.15, -0.1) is 0 Å². The predicted octanol–water partition coefficient (Wildman–Crippen LogP) is 0.912. The van der Waals surface area contributed by atoms with Crippen molar-refractivity contribution in [3.8, 4) is 0 Å². The summed E-state index contributed by atoms with van der Waals surface area (Å²) < 4.78 is 0. The highest BCUT2D eigenvalue weighted by atomic mass is 16.2. The Kier molecular flexibility index (Phi) is 3.37. The molecule has 1 atom stereocenters. The summed E-state index contributed by atoms with van der Waals surface area (Å²) in [6.45, 7) is 8.12. The molecular formula is C11H20N2O2. The zero-order valence-electron chi connectivity index (χ0n) is 9.96. The minimum absolute atomic E-state index is 0.0453. The summed E-state index contributed by atoms with van der Waals surface area (Å²) in [6, 6.07) is -0.336. The van der Waals surface area contributed by atoms with Gasteiger partial charge in [0.2, 0.25) is 11.8 Å². The first-order valence-corrected chi connectivity index (χ1v) is 5.53. The van der Waals surface area contributed by atoms with Crippen LogP contribution in [0.15, 0.2) is 0 Å². The molecule has 15 heavy (non-hydrogen) atoms. The van der Waals surface area contributed by atoms with Crippen molar-refractivity contribution < 1.29 is 9.59 Å². The lowest BCUT2D eigenvalue weighted by Gasteiger charge is -2.42. The number of rotatable bonds is 3. The standard InChI is InChI=1S/C11H20N2O2/c1-5-8-10(15)13(7-9(14)12-8)11(3,4)6-2/h8H,5-7H2,1-4H3,(H,12,14). The normalized spacial score (nSPS) is 22.9. The van der Waals surface area contributed by atoms with Gasteiger partial charge in [-0.1, -0.05) is 13.8 Å². The van der Waals surface area contributed by atoms with Crippen LogP contribution in [-0.4, -0.2) is 34.8 Å². The van der Waals surface area contributed by atoms with Gasteiger partial charge in [0.15, 0.2) is 0 Å². The number of hydrogen-bond acceptors (Lipinski definition) is 2. The van der Waals surface area contributed by atoms with E-state index >= 15 is 0 Å². The lowest BCUT2D eigenvalue weighted by molar-refractivity contribution is -0.149. The molecule has 0 radical (unpaired) electrons. The number of carbonyl (C=O) groups excluding carboxylic acids is 2.